The fourth-order valence-corrected chi connectivity index (χ4v) is 3.26. The average molecular weight is 308 g/mol. The fourth-order valence-electron chi connectivity index (χ4n) is 3.26. The molecule has 0 heterocycles. The van der Waals surface area contributed by atoms with E-state index in [0.29, 0.717) is 18.1 Å². The number of hydrogen-bond acceptors (Lipinski definition) is 1. The molecule has 1 fully saturated rings. The predicted octanol–water partition coefficient (Wildman–Crippen LogP) is 5.98. The van der Waals surface area contributed by atoms with Crippen LogP contribution in [-0.2, 0) is 0 Å². The van der Waals surface area contributed by atoms with E-state index in [9.17, 15) is 8.78 Å². The highest BCUT2D eigenvalue weighted by atomic mass is 19.2. The molecule has 1 aromatic carbocycles. The van der Waals surface area contributed by atoms with Crippen LogP contribution in [0.3, 0.4) is 0 Å². The van der Waals surface area contributed by atoms with E-state index in [-0.39, 0.29) is 5.75 Å². The smallest absolute Gasteiger partial charge is 0.201 e. The molecule has 1 aliphatic carbocycles. The van der Waals surface area contributed by atoms with E-state index < -0.39 is 11.6 Å². The second-order valence-electron chi connectivity index (χ2n) is 6.14. The number of rotatable bonds is 6. The summed E-state index contributed by atoms with van der Waals surface area (Å²) in [6.45, 7) is 4.31. The van der Waals surface area contributed by atoms with Gasteiger partial charge in [0.05, 0.1) is 6.61 Å². The zero-order chi connectivity index (χ0) is 15.9. The molecule has 0 N–H and O–H groups in total. The topological polar surface area (TPSA) is 9.23 Å². The van der Waals surface area contributed by atoms with Crippen LogP contribution >= 0.6 is 0 Å². The normalized spacial score (nSPS) is 22.2. The summed E-state index contributed by atoms with van der Waals surface area (Å²) in [4.78, 5) is 0. The van der Waals surface area contributed by atoms with Gasteiger partial charge in [-0.15, -0.1) is 0 Å². The van der Waals surface area contributed by atoms with Gasteiger partial charge in [0, 0.05) is 5.56 Å². The molecule has 0 unspecified atom stereocenters. The van der Waals surface area contributed by atoms with Crippen molar-refractivity contribution < 1.29 is 13.5 Å². The summed E-state index contributed by atoms with van der Waals surface area (Å²) in [5.74, 6) is -0.383. The van der Waals surface area contributed by atoms with Gasteiger partial charge in [0.2, 0.25) is 5.82 Å². The van der Waals surface area contributed by atoms with Gasteiger partial charge in [-0.2, -0.15) is 4.39 Å². The number of hydrogen-bond donors (Lipinski definition) is 0. The van der Waals surface area contributed by atoms with Gasteiger partial charge in [0.15, 0.2) is 11.6 Å². The molecule has 0 aliphatic heterocycles. The minimum atomic E-state index is -0.893. The van der Waals surface area contributed by atoms with E-state index in [1.807, 2.05) is 6.08 Å². The van der Waals surface area contributed by atoms with Crippen LogP contribution in [0.15, 0.2) is 18.2 Å². The first-order chi connectivity index (χ1) is 10.7. The number of benzene rings is 1. The highest BCUT2D eigenvalue weighted by molar-refractivity contribution is 5.52. The molecule has 2 rings (SSSR count). The van der Waals surface area contributed by atoms with Crippen molar-refractivity contribution in [3.05, 3.63) is 35.4 Å². The predicted molar refractivity (Wildman–Crippen MR) is 86.9 cm³/mol. The Balaban J connectivity index is 1.98. The first kappa shape index (κ1) is 17.0. The summed E-state index contributed by atoms with van der Waals surface area (Å²) in [6, 6.07) is 3.09. The Morgan fingerprint density at radius 3 is 2.45 bits per heavy atom. The molecule has 22 heavy (non-hydrogen) atoms. The Kier molecular flexibility index (Phi) is 6.41. The van der Waals surface area contributed by atoms with Crippen molar-refractivity contribution in [1.82, 2.24) is 0 Å². The van der Waals surface area contributed by atoms with Gasteiger partial charge in [-0.3, -0.25) is 0 Å². The van der Waals surface area contributed by atoms with Crippen LogP contribution in [0.25, 0.3) is 6.08 Å². The highest BCUT2D eigenvalue weighted by Gasteiger charge is 2.19. The van der Waals surface area contributed by atoms with Crippen LogP contribution in [0.4, 0.5) is 8.78 Å². The summed E-state index contributed by atoms with van der Waals surface area (Å²) in [5, 5.41) is 0. The molecule has 3 heteroatoms. The van der Waals surface area contributed by atoms with Gasteiger partial charge < -0.3 is 4.74 Å². The van der Waals surface area contributed by atoms with Gasteiger partial charge in [0.1, 0.15) is 0 Å². The number of halogens is 2. The lowest BCUT2D eigenvalue weighted by atomic mass is 9.80. The Morgan fingerprint density at radius 1 is 1.09 bits per heavy atom. The fraction of sp³-hybridized carbons (Fsp3) is 0.579. The van der Waals surface area contributed by atoms with E-state index in [1.165, 1.54) is 31.7 Å². The quantitative estimate of drug-likeness (QED) is 0.628. The van der Waals surface area contributed by atoms with Crippen LogP contribution in [0.5, 0.6) is 5.75 Å². The molecule has 1 aromatic rings. The first-order valence-electron chi connectivity index (χ1n) is 8.44. The van der Waals surface area contributed by atoms with E-state index >= 15 is 0 Å². The van der Waals surface area contributed by atoms with Crippen molar-refractivity contribution in [1.29, 1.82) is 0 Å². The summed E-state index contributed by atoms with van der Waals surface area (Å²) < 4.78 is 32.9. The van der Waals surface area contributed by atoms with Gasteiger partial charge in [-0.25, -0.2) is 4.39 Å². The van der Waals surface area contributed by atoms with Crippen LogP contribution in [0.1, 0.15) is 57.9 Å². The average Bonchev–Trinajstić information content (AvgIpc) is 2.53. The van der Waals surface area contributed by atoms with E-state index in [1.54, 1.807) is 19.1 Å². The molecular weight excluding hydrogens is 282 g/mol. The zero-order valence-electron chi connectivity index (χ0n) is 13.6. The maximum Gasteiger partial charge on any atom is 0.201 e. The Hall–Kier alpha value is -1.38. The second-order valence-corrected chi connectivity index (χ2v) is 6.14. The molecule has 1 aliphatic rings. The van der Waals surface area contributed by atoms with Crippen LogP contribution < -0.4 is 4.74 Å². The SMILES string of the molecule is CCCC1CCC(/C=C/c2ccc(OCC)c(F)c2F)CC1. The summed E-state index contributed by atoms with van der Waals surface area (Å²) in [5.41, 5.74) is 0.302. The monoisotopic (exact) mass is 308 g/mol. The summed E-state index contributed by atoms with van der Waals surface area (Å²) in [7, 11) is 0. The third-order valence-electron chi connectivity index (χ3n) is 4.51. The molecule has 122 valence electrons. The second kappa shape index (κ2) is 8.30. The van der Waals surface area contributed by atoms with E-state index in [0.717, 1.165) is 18.8 Å². The summed E-state index contributed by atoms with van der Waals surface area (Å²) in [6.07, 6.45) is 11.1. The van der Waals surface area contributed by atoms with Crippen molar-refractivity contribution in [2.75, 3.05) is 6.61 Å². The molecule has 1 nitrogen and oxygen atoms in total. The van der Waals surface area contributed by atoms with Crippen LogP contribution in [0, 0.1) is 23.5 Å². The molecule has 0 amide bonds. The molecule has 0 spiro atoms. The first-order valence-corrected chi connectivity index (χ1v) is 8.44. The van der Waals surface area contributed by atoms with Gasteiger partial charge in [-0.1, -0.05) is 31.9 Å². The third-order valence-corrected chi connectivity index (χ3v) is 4.51. The Bertz CT molecular complexity index is 502. The zero-order valence-corrected chi connectivity index (χ0v) is 13.6. The lowest BCUT2D eigenvalue weighted by molar-refractivity contribution is 0.294. The summed E-state index contributed by atoms with van der Waals surface area (Å²) >= 11 is 0. The van der Waals surface area contributed by atoms with Crippen molar-refractivity contribution in [2.24, 2.45) is 11.8 Å². The van der Waals surface area contributed by atoms with Gasteiger partial charge >= 0.3 is 0 Å². The van der Waals surface area contributed by atoms with Crippen molar-refractivity contribution >= 4 is 6.08 Å². The minimum Gasteiger partial charge on any atom is -0.491 e. The largest absolute Gasteiger partial charge is 0.491 e. The van der Waals surface area contributed by atoms with Crippen molar-refractivity contribution in [3.8, 4) is 5.75 Å². The molecular formula is C19H26F2O. The third kappa shape index (κ3) is 4.31. The van der Waals surface area contributed by atoms with Crippen molar-refractivity contribution in [3.63, 3.8) is 0 Å². The van der Waals surface area contributed by atoms with Gasteiger partial charge in [0.25, 0.3) is 0 Å². The molecule has 0 saturated heterocycles. The molecule has 1 saturated carbocycles. The molecule has 0 aromatic heterocycles. The maximum absolute atomic E-state index is 14.0. The Labute approximate surface area is 132 Å². The molecule has 0 atom stereocenters. The van der Waals surface area contributed by atoms with Crippen LogP contribution in [-0.4, -0.2) is 6.61 Å². The lowest BCUT2D eigenvalue weighted by Gasteiger charge is -2.26. The van der Waals surface area contributed by atoms with E-state index in [2.05, 4.69) is 6.92 Å². The van der Waals surface area contributed by atoms with Gasteiger partial charge in [-0.05, 0) is 56.6 Å². The van der Waals surface area contributed by atoms with E-state index in [4.69, 9.17) is 4.74 Å². The molecule has 0 radical (unpaired) electrons. The highest BCUT2D eigenvalue weighted by Crippen LogP contribution is 2.33. The number of allylic oxidation sites excluding steroid dienone is 1. The Morgan fingerprint density at radius 2 is 1.82 bits per heavy atom. The molecule has 0 bridgehead atoms. The van der Waals surface area contributed by atoms with Crippen molar-refractivity contribution in [2.45, 2.75) is 52.4 Å². The minimum absolute atomic E-state index is 0.0165. The lowest BCUT2D eigenvalue weighted by Crippen LogP contribution is -2.12. The standard InChI is InChI=1S/C19H26F2O/c1-3-5-14-6-8-15(9-7-14)10-11-16-12-13-17(22-4-2)19(21)18(16)20/h10-15H,3-9H2,1-2H3/b11-10+. The number of ether oxygens (including phenoxy) is 1. The maximum atomic E-state index is 14.0. The van der Waals surface area contributed by atoms with Crippen LogP contribution in [0.2, 0.25) is 0 Å².